The molecule has 2 heterocycles. The molecule has 0 aliphatic carbocycles. The molecule has 4 aromatic rings. The van der Waals surface area contributed by atoms with E-state index in [9.17, 15) is 9.18 Å². The third kappa shape index (κ3) is 2.21. The van der Waals surface area contributed by atoms with E-state index in [4.69, 9.17) is 0 Å². The van der Waals surface area contributed by atoms with Crippen molar-refractivity contribution < 1.29 is 4.39 Å². The fourth-order valence-corrected chi connectivity index (χ4v) is 2.95. The number of fused-ring (bicyclic) bond motifs is 3. The highest BCUT2D eigenvalue weighted by Crippen LogP contribution is 2.20. The summed E-state index contributed by atoms with van der Waals surface area (Å²) in [5.41, 5.74) is 3.08. The second kappa shape index (κ2) is 5.05. The Morgan fingerprint density at radius 2 is 1.83 bits per heavy atom. The Bertz CT molecular complexity index is 1090. The maximum atomic E-state index is 13.5. The summed E-state index contributed by atoms with van der Waals surface area (Å²) in [5, 5.41) is 0. The average Bonchev–Trinajstić information content (AvgIpc) is 2.82. The molecule has 0 aliphatic heterocycles. The smallest absolute Gasteiger partial charge is 0.259 e. The van der Waals surface area contributed by atoms with E-state index in [2.05, 4.69) is 4.98 Å². The molecule has 0 saturated heterocycles. The number of rotatable bonds is 2. The monoisotopic (exact) mass is 307 g/mol. The lowest BCUT2D eigenvalue weighted by Gasteiger charge is -2.06. The number of imidazole rings is 1. The van der Waals surface area contributed by atoms with Gasteiger partial charge in [0.2, 0.25) is 5.78 Å². The van der Waals surface area contributed by atoms with Gasteiger partial charge in [0.25, 0.3) is 5.56 Å². The first kappa shape index (κ1) is 13.7. The highest BCUT2D eigenvalue weighted by Gasteiger charge is 2.13. The third-order valence-electron chi connectivity index (χ3n) is 3.91. The lowest BCUT2D eigenvalue weighted by Crippen LogP contribution is -2.14. The van der Waals surface area contributed by atoms with Gasteiger partial charge in [-0.05, 0) is 36.8 Å². The zero-order chi connectivity index (χ0) is 16.0. The molecule has 0 amide bonds. The van der Waals surface area contributed by atoms with E-state index in [-0.39, 0.29) is 11.4 Å². The fraction of sp³-hybridized carbons (Fsp3) is 0.111. The zero-order valence-electron chi connectivity index (χ0n) is 12.5. The van der Waals surface area contributed by atoms with Gasteiger partial charge in [0.15, 0.2) is 0 Å². The number of hydrogen-bond donors (Lipinski definition) is 0. The van der Waals surface area contributed by atoms with Crippen molar-refractivity contribution in [3.05, 3.63) is 82.0 Å². The first-order valence-electron chi connectivity index (χ1n) is 7.35. The Kier molecular flexibility index (Phi) is 3.01. The van der Waals surface area contributed by atoms with E-state index in [0.29, 0.717) is 18.0 Å². The summed E-state index contributed by atoms with van der Waals surface area (Å²) in [7, 11) is 0. The minimum Gasteiger partial charge on any atom is -0.305 e. The van der Waals surface area contributed by atoms with Crippen LogP contribution in [0.1, 0.15) is 11.3 Å². The van der Waals surface area contributed by atoms with Gasteiger partial charge < -0.3 is 4.57 Å². The zero-order valence-corrected chi connectivity index (χ0v) is 12.5. The molecule has 0 saturated carbocycles. The largest absolute Gasteiger partial charge is 0.305 e. The molecule has 0 aliphatic rings. The van der Waals surface area contributed by atoms with E-state index < -0.39 is 0 Å². The van der Waals surface area contributed by atoms with Crippen LogP contribution in [0.5, 0.6) is 0 Å². The fourth-order valence-electron chi connectivity index (χ4n) is 2.95. The van der Waals surface area contributed by atoms with Crippen molar-refractivity contribution in [2.75, 3.05) is 0 Å². The predicted octanol–water partition coefficient (Wildman–Crippen LogP) is 3.15. The molecule has 114 valence electrons. The van der Waals surface area contributed by atoms with Crippen molar-refractivity contribution >= 4 is 16.8 Å². The second-order valence-electron chi connectivity index (χ2n) is 5.58. The SMILES string of the molecule is Cc1cc(=O)n2c3ccccc3n(Cc3cccc(F)c3)c2n1. The predicted molar refractivity (Wildman–Crippen MR) is 87.2 cm³/mol. The third-order valence-corrected chi connectivity index (χ3v) is 3.91. The molecule has 23 heavy (non-hydrogen) atoms. The van der Waals surface area contributed by atoms with E-state index in [1.165, 1.54) is 18.2 Å². The van der Waals surface area contributed by atoms with Crippen molar-refractivity contribution in [1.82, 2.24) is 14.0 Å². The number of halogens is 1. The molecule has 0 unspecified atom stereocenters. The average molecular weight is 307 g/mol. The quantitative estimate of drug-likeness (QED) is 0.571. The van der Waals surface area contributed by atoms with Crippen LogP contribution in [0.15, 0.2) is 59.4 Å². The van der Waals surface area contributed by atoms with E-state index >= 15 is 0 Å². The van der Waals surface area contributed by atoms with Gasteiger partial charge in [-0.2, -0.15) is 0 Å². The van der Waals surface area contributed by atoms with Crippen LogP contribution in [0.3, 0.4) is 0 Å². The Hall–Kier alpha value is -2.95. The van der Waals surface area contributed by atoms with Crippen LogP contribution in [0, 0.1) is 12.7 Å². The van der Waals surface area contributed by atoms with Gasteiger partial charge in [0, 0.05) is 11.8 Å². The van der Waals surface area contributed by atoms with Gasteiger partial charge in [-0.15, -0.1) is 0 Å². The highest BCUT2D eigenvalue weighted by molar-refractivity contribution is 5.80. The molecular weight excluding hydrogens is 293 g/mol. The molecule has 0 atom stereocenters. The molecule has 4 nitrogen and oxygen atoms in total. The van der Waals surface area contributed by atoms with Gasteiger partial charge in [-0.25, -0.2) is 13.8 Å². The molecule has 2 aromatic heterocycles. The van der Waals surface area contributed by atoms with E-state index in [1.54, 1.807) is 17.4 Å². The van der Waals surface area contributed by atoms with Gasteiger partial charge in [-0.1, -0.05) is 24.3 Å². The Morgan fingerprint density at radius 3 is 2.61 bits per heavy atom. The molecule has 5 heteroatoms. The minimum atomic E-state index is -0.274. The van der Waals surface area contributed by atoms with Crippen LogP contribution in [0.2, 0.25) is 0 Å². The molecule has 0 radical (unpaired) electrons. The van der Waals surface area contributed by atoms with Gasteiger partial charge in [-0.3, -0.25) is 4.79 Å². The topological polar surface area (TPSA) is 39.3 Å². The van der Waals surface area contributed by atoms with Crippen LogP contribution in [-0.2, 0) is 6.54 Å². The number of aryl methyl sites for hydroxylation is 1. The molecule has 0 fully saturated rings. The number of para-hydroxylation sites is 2. The second-order valence-corrected chi connectivity index (χ2v) is 5.58. The summed E-state index contributed by atoms with van der Waals surface area (Å²) < 4.78 is 17.0. The Labute approximate surface area is 131 Å². The highest BCUT2D eigenvalue weighted by atomic mass is 19.1. The van der Waals surface area contributed by atoms with Crippen LogP contribution >= 0.6 is 0 Å². The molecule has 0 spiro atoms. The first-order valence-corrected chi connectivity index (χ1v) is 7.35. The molecule has 4 rings (SSSR count). The van der Waals surface area contributed by atoms with Crippen molar-refractivity contribution in [1.29, 1.82) is 0 Å². The van der Waals surface area contributed by atoms with Crippen molar-refractivity contribution in [2.45, 2.75) is 13.5 Å². The van der Waals surface area contributed by atoms with E-state index in [0.717, 1.165) is 16.6 Å². The minimum absolute atomic E-state index is 0.110. The Balaban J connectivity index is 2.05. The van der Waals surface area contributed by atoms with Crippen molar-refractivity contribution in [3.63, 3.8) is 0 Å². The Morgan fingerprint density at radius 1 is 1.04 bits per heavy atom. The maximum absolute atomic E-state index is 13.5. The van der Waals surface area contributed by atoms with Crippen LogP contribution in [0.4, 0.5) is 4.39 Å². The number of hydrogen-bond acceptors (Lipinski definition) is 2. The lowest BCUT2D eigenvalue weighted by molar-refractivity contribution is 0.624. The van der Waals surface area contributed by atoms with Crippen LogP contribution in [-0.4, -0.2) is 14.0 Å². The molecule has 2 aromatic carbocycles. The van der Waals surface area contributed by atoms with Crippen molar-refractivity contribution in [2.24, 2.45) is 0 Å². The lowest BCUT2D eigenvalue weighted by atomic mass is 10.2. The first-order chi connectivity index (χ1) is 11.1. The normalized spacial score (nSPS) is 11.4. The standard InChI is InChI=1S/C18H14FN3O/c1-12-9-17(23)22-16-8-3-2-7-15(16)21(18(22)20-12)11-13-5-4-6-14(19)10-13/h2-10H,11H2,1H3. The molecule has 0 N–H and O–H groups in total. The van der Waals surface area contributed by atoms with Gasteiger partial charge in [0.1, 0.15) is 5.82 Å². The van der Waals surface area contributed by atoms with Crippen LogP contribution < -0.4 is 5.56 Å². The van der Waals surface area contributed by atoms with Crippen LogP contribution in [0.25, 0.3) is 16.8 Å². The van der Waals surface area contributed by atoms with Gasteiger partial charge >= 0.3 is 0 Å². The summed E-state index contributed by atoms with van der Waals surface area (Å²) >= 11 is 0. The molecular formula is C18H14FN3O. The maximum Gasteiger partial charge on any atom is 0.259 e. The number of benzene rings is 2. The summed E-state index contributed by atoms with van der Waals surface area (Å²) in [4.78, 5) is 16.9. The molecule has 0 bridgehead atoms. The summed E-state index contributed by atoms with van der Waals surface area (Å²) in [6, 6.07) is 15.6. The summed E-state index contributed by atoms with van der Waals surface area (Å²) in [6.45, 7) is 2.25. The number of nitrogens with zero attached hydrogens (tertiary/aromatic N) is 3. The van der Waals surface area contributed by atoms with E-state index in [1.807, 2.05) is 34.9 Å². The summed E-state index contributed by atoms with van der Waals surface area (Å²) in [6.07, 6.45) is 0. The van der Waals surface area contributed by atoms with Crippen molar-refractivity contribution in [3.8, 4) is 0 Å². The summed E-state index contributed by atoms with van der Waals surface area (Å²) in [5.74, 6) is 0.296. The van der Waals surface area contributed by atoms with Gasteiger partial charge in [0.05, 0.1) is 17.6 Å². The number of aromatic nitrogens is 3.